The summed E-state index contributed by atoms with van der Waals surface area (Å²) in [6.45, 7) is 2.16. The maximum atomic E-state index is 12.0. The number of nitrogens with one attached hydrogen (secondary N) is 1. The topological polar surface area (TPSA) is 113 Å². The number of carbonyl (C=O) groups is 3. The fourth-order valence-corrected chi connectivity index (χ4v) is 1.82. The molecule has 4 N–H and O–H groups in total. The van der Waals surface area contributed by atoms with Crippen molar-refractivity contribution in [2.45, 2.75) is 38.6 Å². The van der Waals surface area contributed by atoms with E-state index in [0.717, 1.165) is 25.7 Å². The van der Waals surface area contributed by atoms with E-state index in [9.17, 15) is 14.4 Å². The highest BCUT2D eigenvalue weighted by molar-refractivity contribution is 5.86. The molecule has 0 heterocycles. The Morgan fingerprint density at radius 3 is 2.47 bits per heavy atom. The van der Waals surface area contributed by atoms with Gasteiger partial charge >= 0.3 is 12.0 Å². The van der Waals surface area contributed by atoms with Crippen molar-refractivity contribution < 1.29 is 19.5 Å². The Bertz CT molecular complexity index is 355. The number of amides is 3. The lowest BCUT2D eigenvalue weighted by atomic mass is 10.2. The summed E-state index contributed by atoms with van der Waals surface area (Å²) in [5, 5.41) is 11.5. The van der Waals surface area contributed by atoms with Crippen LogP contribution in [0.25, 0.3) is 0 Å². The van der Waals surface area contributed by atoms with Crippen LogP contribution in [0.1, 0.15) is 32.6 Å². The zero-order valence-electron chi connectivity index (χ0n) is 11.1. The lowest BCUT2D eigenvalue weighted by Gasteiger charge is -2.24. The molecule has 108 valence electrons. The van der Waals surface area contributed by atoms with Gasteiger partial charge in [-0.2, -0.15) is 0 Å². The number of nitrogens with zero attached hydrogens (tertiary/aromatic N) is 1. The lowest BCUT2D eigenvalue weighted by molar-refractivity contribution is -0.139. The van der Waals surface area contributed by atoms with E-state index in [1.807, 2.05) is 6.92 Å². The van der Waals surface area contributed by atoms with E-state index in [0.29, 0.717) is 6.54 Å². The number of aliphatic carboxylic acids is 1. The fraction of sp³-hybridized carbons (Fsp3) is 0.750. The molecule has 0 saturated heterocycles. The molecule has 7 nitrogen and oxygen atoms in total. The van der Waals surface area contributed by atoms with Gasteiger partial charge in [-0.1, -0.05) is 13.3 Å². The van der Waals surface area contributed by atoms with Crippen molar-refractivity contribution in [3.63, 3.8) is 0 Å². The van der Waals surface area contributed by atoms with Crippen molar-refractivity contribution in [3.05, 3.63) is 0 Å². The minimum absolute atomic E-state index is 0.00283. The van der Waals surface area contributed by atoms with Crippen LogP contribution >= 0.6 is 0 Å². The van der Waals surface area contributed by atoms with Gasteiger partial charge in [0.1, 0.15) is 12.6 Å². The molecule has 0 aromatic heterocycles. The van der Waals surface area contributed by atoms with Gasteiger partial charge < -0.3 is 21.1 Å². The van der Waals surface area contributed by atoms with Crippen LogP contribution in [-0.2, 0) is 9.59 Å². The Kier molecular flexibility index (Phi) is 5.59. The maximum absolute atomic E-state index is 12.0. The first-order chi connectivity index (χ1) is 8.95. The molecule has 1 rings (SSSR count). The van der Waals surface area contributed by atoms with Gasteiger partial charge in [-0.25, -0.2) is 9.59 Å². The molecule has 3 amide bonds. The number of primary amides is 1. The highest BCUT2D eigenvalue weighted by atomic mass is 16.4. The minimum atomic E-state index is -1.04. The quantitative estimate of drug-likeness (QED) is 0.583. The van der Waals surface area contributed by atoms with E-state index in [1.54, 1.807) is 0 Å². The zero-order valence-corrected chi connectivity index (χ0v) is 11.1. The first-order valence-corrected chi connectivity index (χ1v) is 6.52. The van der Waals surface area contributed by atoms with Crippen molar-refractivity contribution in [3.8, 4) is 0 Å². The number of hydrogen-bond donors (Lipinski definition) is 3. The van der Waals surface area contributed by atoms with Gasteiger partial charge in [0.15, 0.2) is 0 Å². The summed E-state index contributed by atoms with van der Waals surface area (Å²) < 4.78 is 0. The summed E-state index contributed by atoms with van der Waals surface area (Å²) >= 11 is 0. The number of carboxylic acids is 1. The molecule has 0 aliphatic heterocycles. The second-order valence-corrected chi connectivity index (χ2v) is 4.84. The number of urea groups is 1. The first kappa shape index (κ1) is 15.3. The average Bonchev–Trinajstić information content (AvgIpc) is 3.14. The molecule has 1 aliphatic rings. The summed E-state index contributed by atoms with van der Waals surface area (Å²) in [6.07, 6.45) is 3.22. The molecular formula is C12H21N3O4. The highest BCUT2D eigenvalue weighted by Gasteiger charge is 2.38. The monoisotopic (exact) mass is 271 g/mol. The maximum Gasteiger partial charge on any atom is 0.326 e. The van der Waals surface area contributed by atoms with E-state index in [-0.39, 0.29) is 12.5 Å². The molecule has 0 bridgehead atoms. The third kappa shape index (κ3) is 5.15. The Hall–Kier alpha value is -1.79. The van der Waals surface area contributed by atoms with E-state index in [4.69, 9.17) is 10.8 Å². The van der Waals surface area contributed by atoms with Crippen molar-refractivity contribution in [2.24, 2.45) is 11.7 Å². The molecule has 19 heavy (non-hydrogen) atoms. The predicted molar refractivity (Wildman–Crippen MR) is 68.4 cm³/mol. The summed E-state index contributed by atoms with van der Waals surface area (Å²) in [5.41, 5.74) is 5.09. The van der Waals surface area contributed by atoms with Crippen molar-refractivity contribution in [1.29, 1.82) is 0 Å². The SMILES string of the molecule is CCCCN(CC(N)=O)C(=O)NC(C(=O)O)C1CC1. The van der Waals surface area contributed by atoms with E-state index in [2.05, 4.69) is 5.32 Å². The van der Waals surface area contributed by atoms with Crippen LogP contribution < -0.4 is 11.1 Å². The summed E-state index contributed by atoms with van der Waals surface area (Å²) in [5.74, 6) is -1.64. The molecule has 1 atom stereocenters. The zero-order chi connectivity index (χ0) is 14.4. The highest BCUT2D eigenvalue weighted by Crippen LogP contribution is 2.32. The lowest BCUT2D eigenvalue weighted by Crippen LogP contribution is -2.51. The van der Waals surface area contributed by atoms with Gasteiger partial charge in [0.05, 0.1) is 0 Å². The second-order valence-electron chi connectivity index (χ2n) is 4.84. The molecule has 0 aromatic carbocycles. The van der Waals surface area contributed by atoms with Crippen LogP contribution in [0.2, 0.25) is 0 Å². The Morgan fingerprint density at radius 2 is 2.05 bits per heavy atom. The Morgan fingerprint density at radius 1 is 1.42 bits per heavy atom. The number of hydrogen-bond acceptors (Lipinski definition) is 3. The van der Waals surface area contributed by atoms with Crippen molar-refractivity contribution in [1.82, 2.24) is 10.2 Å². The van der Waals surface area contributed by atoms with Crippen LogP contribution in [0, 0.1) is 5.92 Å². The van der Waals surface area contributed by atoms with Gasteiger partial charge in [-0.3, -0.25) is 4.79 Å². The number of carboxylic acid groups (broad SMARTS) is 1. The number of rotatable bonds is 8. The fourth-order valence-electron chi connectivity index (χ4n) is 1.82. The van der Waals surface area contributed by atoms with Crippen LogP contribution in [0.4, 0.5) is 4.79 Å². The molecule has 1 saturated carbocycles. The number of unbranched alkanes of at least 4 members (excludes halogenated alkanes) is 1. The van der Waals surface area contributed by atoms with Gasteiger partial charge in [0.25, 0.3) is 0 Å². The Labute approximate surface area is 112 Å². The van der Waals surface area contributed by atoms with Crippen LogP contribution in [0.15, 0.2) is 0 Å². The number of nitrogens with two attached hydrogens (primary N) is 1. The molecule has 0 aromatic rings. The van der Waals surface area contributed by atoms with Crippen molar-refractivity contribution in [2.75, 3.05) is 13.1 Å². The average molecular weight is 271 g/mol. The van der Waals surface area contributed by atoms with Crippen LogP contribution in [-0.4, -0.2) is 47.0 Å². The minimum Gasteiger partial charge on any atom is -0.480 e. The smallest absolute Gasteiger partial charge is 0.326 e. The molecule has 7 heteroatoms. The van der Waals surface area contributed by atoms with Crippen molar-refractivity contribution >= 4 is 17.9 Å². The van der Waals surface area contributed by atoms with Gasteiger partial charge in [0, 0.05) is 6.54 Å². The van der Waals surface area contributed by atoms with E-state index in [1.165, 1.54) is 4.90 Å². The van der Waals surface area contributed by atoms with Gasteiger partial charge in [-0.15, -0.1) is 0 Å². The third-order valence-electron chi connectivity index (χ3n) is 3.05. The van der Waals surface area contributed by atoms with E-state index >= 15 is 0 Å². The number of carbonyl (C=O) groups excluding carboxylic acids is 2. The second kappa shape index (κ2) is 6.96. The molecular weight excluding hydrogens is 250 g/mol. The summed E-state index contributed by atoms with van der Waals surface area (Å²) in [6, 6.07) is -1.41. The van der Waals surface area contributed by atoms with Crippen LogP contribution in [0.5, 0.6) is 0 Å². The normalized spacial score (nSPS) is 15.6. The molecule has 0 spiro atoms. The first-order valence-electron chi connectivity index (χ1n) is 6.52. The largest absolute Gasteiger partial charge is 0.480 e. The van der Waals surface area contributed by atoms with Gasteiger partial charge in [-0.05, 0) is 25.2 Å². The standard InChI is InChI=1S/C12H21N3O4/c1-2-3-6-15(7-9(13)16)12(19)14-10(11(17)18)8-4-5-8/h8,10H,2-7H2,1H3,(H2,13,16)(H,14,19)(H,17,18). The summed E-state index contributed by atoms with van der Waals surface area (Å²) in [4.78, 5) is 35.2. The third-order valence-corrected chi connectivity index (χ3v) is 3.05. The van der Waals surface area contributed by atoms with Gasteiger partial charge in [0.2, 0.25) is 5.91 Å². The molecule has 1 aliphatic carbocycles. The molecule has 1 fully saturated rings. The Balaban J connectivity index is 2.58. The van der Waals surface area contributed by atoms with E-state index < -0.39 is 23.9 Å². The predicted octanol–water partition coefficient (Wildman–Crippen LogP) is 0.147. The molecule has 1 unspecified atom stereocenters. The summed E-state index contributed by atoms with van der Waals surface area (Å²) in [7, 11) is 0. The molecule has 0 radical (unpaired) electrons. The van der Waals surface area contributed by atoms with Crippen LogP contribution in [0.3, 0.4) is 0 Å².